The zero-order valence-corrected chi connectivity index (χ0v) is 8.40. The van der Waals surface area contributed by atoms with Crippen LogP contribution >= 0.6 is 11.3 Å². The number of rotatable bonds is 5. The van der Waals surface area contributed by atoms with E-state index < -0.39 is 0 Å². The lowest BCUT2D eigenvalue weighted by molar-refractivity contribution is 0.327. The largest absolute Gasteiger partial charge is 0.318 e. The van der Waals surface area contributed by atoms with E-state index in [4.69, 9.17) is 0 Å². The summed E-state index contributed by atoms with van der Waals surface area (Å²) < 4.78 is 0. The Bertz CT molecular complexity index is 198. The fourth-order valence-corrected chi connectivity index (χ4v) is 1.64. The van der Waals surface area contributed by atoms with Gasteiger partial charge in [0.15, 0.2) is 0 Å². The Morgan fingerprint density at radius 1 is 1.67 bits per heavy atom. The van der Waals surface area contributed by atoms with Crippen LogP contribution in [0.25, 0.3) is 0 Å². The summed E-state index contributed by atoms with van der Waals surface area (Å²) in [5, 5.41) is 6.32. The van der Waals surface area contributed by atoms with Crippen molar-refractivity contribution >= 4 is 11.3 Å². The fraction of sp³-hybridized carbons (Fsp3) is 0.625. The molecule has 68 valence electrons. The highest BCUT2D eigenvalue weighted by molar-refractivity contribution is 7.09. The maximum atomic E-state index is 4.22. The average molecular weight is 185 g/mol. The minimum Gasteiger partial charge on any atom is -0.318 e. The van der Waals surface area contributed by atoms with Crippen molar-refractivity contribution in [1.82, 2.24) is 15.2 Å². The number of aromatic nitrogens is 1. The van der Waals surface area contributed by atoms with Crippen LogP contribution in [0.15, 0.2) is 11.6 Å². The van der Waals surface area contributed by atoms with Gasteiger partial charge in [-0.2, -0.15) is 0 Å². The van der Waals surface area contributed by atoms with Crippen molar-refractivity contribution in [3.8, 4) is 0 Å². The van der Waals surface area contributed by atoms with Gasteiger partial charge in [0.05, 0.1) is 6.54 Å². The molecule has 0 aliphatic heterocycles. The molecular weight excluding hydrogens is 170 g/mol. The van der Waals surface area contributed by atoms with Gasteiger partial charge in [0.2, 0.25) is 0 Å². The van der Waals surface area contributed by atoms with Crippen molar-refractivity contribution in [2.45, 2.75) is 6.54 Å². The van der Waals surface area contributed by atoms with Crippen molar-refractivity contribution in [3.63, 3.8) is 0 Å². The Kier molecular flexibility index (Phi) is 4.21. The van der Waals surface area contributed by atoms with Gasteiger partial charge in [-0.25, -0.2) is 4.98 Å². The van der Waals surface area contributed by atoms with Crippen LogP contribution in [0.4, 0.5) is 0 Å². The zero-order valence-electron chi connectivity index (χ0n) is 7.58. The topological polar surface area (TPSA) is 28.2 Å². The predicted octanol–water partition coefficient (Wildman–Crippen LogP) is 0.794. The monoisotopic (exact) mass is 185 g/mol. The lowest BCUT2D eigenvalue weighted by Gasteiger charge is -2.13. The molecule has 0 spiro atoms. The lowest BCUT2D eigenvalue weighted by atomic mass is 10.5. The number of likely N-dealkylation sites (N-methyl/N-ethyl adjacent to an activating group) is 2. The molecule has 1 aromatic rings. The van der Waals surface area contributed by atoms with Crippen LogP contribution in [0.5, 0.6) is 0 Å². The number of nitrogens with one attached hydrogen (secondary N) is 1. The Morgan fingerprint density at radius 3 is 3.08 bits per heavy atom. The molecule has 1 rings (SSSR count). The van der Waals surface area contributed by atoms with E-state index in [9.17, 15) is 0 Å². The fourth-order valence-electron chi connectivity index (χ4n) is 0.944. The third kappa shape index (κ3) is 3.30. The van der Waals surface area contributed by atoms with Gasteiger partial charge in [-0.15, -0.1) is 11.3 Å². The van der Waals surface area contributed by atoms with E-state index in [1.165, 1.54) is 5.01 Å². The van der Waals surface area contributed by atoms with Gasteiger partial charge in [-0.05, 0) is 14.1 Å². The van der Waals surface area contributed by atoms with Gasteiger partial charge in [0.1, 0.15) is 5.01 Å². The number of hydrogen-bond donors (Lipinski definition) is 1. The minimum atomic E-state index is 0.958. The van der Waals surface area contributed by atoms with E-state index in [-0.39, 0.29) is 0 Å². The predicted molar refractivity (Wildman–Crippen MR) is 52.4 cm³/mol. The second-order valence-corrected chi connectivity index (χ2v) is 3.75. The maximum Gasteiger partial charge on any atom is 0.107 e. The van der Waals surface area contributed by atoms with Crippen molar-refractivity contribution in [1.29, 1.82) is 0 Å². The number of thiazole rings is 1. The quantitative estimate of drug-likeness (QED) is 0.735. The summed E-state index contributed by atoms with van der Waals surface area (Å²) in [6.45, 7) is 3.05. The summed E-state index contributed by atoms with van der Waals surface area (Å²) in [7, 11) is 4.08. The molecule has 0 saturated carbocycles. The first-order valence-electron chi connectivity index (χ1n) is 4.04. The molecule has 0 unspecified atom stereocenters. The molecule has 12 heavy (non-hydrogen) atoms. The highest BCUT2D eigenvalue weighted by Crippen LogP contribution is 2.05. The Morgan fingerprint density at radius 2 is 2.50 bits per heavy atom. The van der Waals surface area contributed by atoms with E-state index >= 15 is 0 Å². The second kappa shape index (κ2) is 5.24. The maximum absolute atomic E-state index is 4.22. The van der Waals surface area contributed by atoms with E-state index in [1.54, 1.807) is 11.3 Å². The summed E-state index contributed by atoms with van der Waals surface area (Å²) in [4.78, 5) is 6.48. The summed E-state index contributed by atoms with van der Waals surface area (Å²) in [6.07, 6.45) is 1.85. The van der Waals surface area contributed by atoms with Gasteiger partial charge in [-0.3, -0.25) is 4.90 Å². The normalized spacial score (nSPS) is 10.9. The molecule has 1 heterocycles. The molecule has 0 aliphatic rings. The molecule has 0 radical (unpaired) electrons. The molecule has 0 fully saturated rings. The van der Waals surface area contributed by atoms with E-state index in [0.717, 1.165) is 19.6 Å². The Labute approximate surface area is 77.4 Å². The first-order chi connectivity index (χ1) is 5.83. The first kappa shape index (κ1) is 9.64. The van der Waals surface area contributed by atoms with Crippen LogP contribution in [-0.4, -0.2) is 37.1 Å². The van der Waals surface area contributed by atoms with E-state index in [0.29, 0.717) is 0 Å². The molecule has 3 nitrogen and oxygen atoms in total. The van der Waals surface area contributed by atoms with Gasteiger partial charge < -0.3 is 5.32 Å². The van der Waals surface area contributed by atoms with Crippen molar-refractivity contribution in [3.05, 3.63) is 16.6 Å². The van der Waals surface area contributed by atoms with Crippen LogP contribution in [0.2, 0.25) is 0 Å². The third-order valence-electron chi connectivity index (χ3n) is 1.63. The molecule has 0 atom stereocenters. The molecular formula is C8H15N3S. The molecule has 4 heteroatoms. The Hall–Kier alpha value is -0.450. The first-order valence-corrected chi connectivity index (χ1v) is 4.92. The number of hydrogen-bond acceptors (Lipinski definition) is 4. The van der Waals surface area contributed by atoms with Gasteiger partial charge in [0, 0.05) is 24.7 Å². The van der Waals surface area contributed by atoms with Gasteiger partial charge >= 0.3 is 0 Å². The van der Waals surface area contributed by atoms with Crippen LogP contribution in [0.1, 0.15) is 5.01 Å². The lowest BCUT2D eigenvalue weighted by Crippen LogP contribution is -2.26. The second-order valence-electron chi connectivity index (χ2n) is 2.77. The highest BCUT2D eigenvalue weighted by atomic mass is 32.1. The molecule has 0 aromatic carbocycles. The van der Waals surface area contributed by atoms with Crippen molar-refractivity contribution in [2.75, 3.05) is 27.2 Å². The molecule has 0 bridgehead atoms. The van der Waals surface area contributed by atoms with Gasteiger partial charge in [0.25, 0.3) is 0 Å². The van der Waals surface area contributed by atoms with Crippen molar-refractivity contribution < 1.29 is 0 Å². The standard InChI is InChI=1S/C8H15N3S/c1-9-3-5-11(2)7-8-10-4-6-12-8/h4,6,9H,3,5,7H2,1-2H3. The zero-order chi connectivity index (χ0) is 8.81. The SMILES string of the molecule is CNCCN(C)Cc1nccs1. The third-order valence-corrected chi connectivity index (χ3v) is 2.40. The van der Waals surface area contributed by atoms with E-state index in [1.807, 2.05) is 18.6 Å². The summed E-state index contributed by atoms with van der Waals surface area (Å²) in [5.74, 6) is 0. The Balaban J connectivity index is 2.22. The number of nitrogens with zero attached hydrogens (tertiary/aromatic N) is 2. The highest BCUT2D eigenvalue weighted by Gasteiger charge is 2.00. The average Bonchev–Trinajstić information content (AvgIpc) is 2.53. The summed E-state index contributed by atoms with van der Waals surface area (Å²) in [5.41, 5.74) is 0. The minimum absolute atomic E-state index is 0.958. The van der Waals surface area contributed by atoms with Crippen LogP contribution in [0.3, 0.4) is 0 Å². The smallest absolute Gasteiger partial charge is 0.107 e. The van der Waals surface area contributed by atoms with Crippen LogP contribution in [0, 0.1) is 0 Å². The van der Waals surface area contributed by atoms with Crippen molar-refractivity contribution in [2.24, 2.45) is 0 Å². The molecule has 0 amide bonds. The molecule has 0 saturated heterocycles. The van der Waals surface area contributed by atoms with Crippen LogP contribution in [-0.2, 0) is 6.54 Å². The molecule has 1 aromatic heterocycles. The van der Waals surface area contributed by atoms with Gasteiger partial charge in [-0.1, -0.05) is 0 Å². The molecule has 0 aliphatic carbocycles. The molecule has 1 N–H and O–H groups in total. The summed E-state index contributed by atoms with van der Waals surface area (Å²) >= 11 is 1.71. The summed E-state index contributed by atoms with van der Waals surface area (Å²) in [6, 6.07) is 0. The van der Waals surface area contributed by atoms with Crippen LogP contribution < -0.4 is 5.32 Å². The van der Waals surface area contributed by atoms with E-state index in [2.05, 4.69) is 22.2 Å².